The zero-order valence-corrected chi connectivity index (χ0v) is 7.46. The zero-order valence-electron chi connectivity index (χ0n) is 7.46. The summed E-state index contributed by atoms with van der Waals surface area (Å²) in [4.78, 5) is 10.8. The average Bonchev–Trinajstić information content (AvgIpc) is 2.03. The number of hydrogen-bond donors (Lipinski definition) is 0. The minimum Gasteiger partial charge on any atom is -0.469 e. The summed E-state index contributed by atoms with van der Waals surface area (Å²) in [5, 5.41) is 0. The highest BCUT2D eigenvalue weighted by atomic mass is 16.5. The Hall–Kier alpha value is -0.790. The SMILES string of the molecule is CCC=CC[C@H](C)C(=O)OC. The van der Waals surface area contributed by atoms with Gasteiger partial charge in [-0.3, -0.25) is 4.79 Å². The van der Waals surface area contributed by atoms with Crippen molar-refractivity contribution < 1.29 is 9.53 Å². The molecule has 0 aromatic carbocycles. The van der Waals surface area contributed by atoms with Crippen molar-refractivity contribution in [2.45, 2.75) is 26.7 Å². The van der Waals surface area contributed by atoms with Crippen LogP contribution in [0.2, 0.25) is 0 Å². The second kappa shape index (κ2) is 5.96. The van der Waals surface area contributed by atoms with E-state index < -0.39 is 0 Å². The van der Waals surface area contributed by atoms with Crippen LogP contribution in [-0.4, -0.2) is 13.1 Å². The fourth-order valence-corrected chi connectivity index (χ4v) is 0.764. The van der Waals surface area contributed by atoms with Gasteiger partial charge in [-0.05, 0) is 12.8 Å². The van der Waals surface area contributed by atoms with Crippen LogP contribution >= 0.6 is 0 Å². The van der Waals surface area contributed by atoms with Crippen molar-refractivity contribution in [2.75, 3.05) is 7.11 Å². The smallest absolute Gasteiger partial charge is 0.308 e. The lowest BCUT2D eigenvalue weighted by Crippen LogP contribution is -2.11. The highest BCUT2D eigenvalue weighted by molar-refractivity contribution is 5.71. The van der Waals surface area contributed by atoms with Crippen LogP contribution in [0.3, 0.4) is 0 Å². The number of methoxy groups -OCH3 is 1. The van der Waals surface area contributed by atoms with Gasteiger partial charge < -0.3 is 4.74 Å². The predicted octanol–water partition coefficient (Wildman–Crippen LogP) is 2.15. The summed E-state index contributed by atoms with van der Waals surface area (Å²) in [5.41, 5.74) is 0. The van der Waals surface area contributed by atoms with Crippen LogP contribution in [0, 0.1) is 5.92 Å². The lowest BCUT2D eigenvalue weighted by molar-refractivity contribution is -0.144. The first-order valence-corrected chi connectivity index (χ1v) is 3.95. The van der Waals surface area contributed by atoms with Gasteiger partial charge in [-0.1, -0.05) is 26.0 Å². The third-order valence-electron chi connectivity index (χ3n) is 1.50. The van der Waals surface area contributed by atoms with E-state index in [0.717, 1.165) is 12.8 Å². The van der Waals surface area contributed by atoms with Crippen LogP contribution in [0.25, 0.3) is 0 Å². The summed E-state index contributed by atoms with van der Waals surface area (Å²) in [7, 11) is 1.42. The third-order valence-corrected chi connectivity index (χ3v) is 1.50. The second-order valence-corrected chi connectivity index (χ2v) is 2.54. The Balaban J connectivity index is 3.59. The predicted molar refractivity (Wildman–Crippen MR) is 45.2 cm³/mol. The molecule has 0 bridgehead atoms. The van der Waals surface area contributed by atoms with Crippen molar-refractivity contribution in [1.82, 2.24) is 0 Å². The number of carbonyl (C=O) groups excluding carboxylic acids is 1. The molecule has 11 heavy (non-hydrogen) atoms. The van der Waals surface area contributed by atoms with Crippen LogP contribution in [0.1, 0.15) is 26.7 Å². The van der Waals surface area contributed by atoms with Gasteiger partial charge in [0.2, 0.25) is 0 Å². The molecule has 0 amide bonds. The molecule has 0 radical (unpaired) electrons. The number of allylic oxidation sites excluding steroid dienone is 2. The number of rotatable bonds is 4. The molecule has 0 aliphatic carbocycles. The summed E-state index contributed by atoms with van der Waals surface area (Å²) in [5.74, 6) is -0.145. The largest absolute Gasteiger partial charge is 0.469 e. The average molecular weight is 156 g/mol. The first kappa shape index (κ1) is 10.2. The minimum atomic E-state index is -0.134. The molecule has 0 aliphatic rings. The Morgan fingerprint density at radius 3 is 2.64 bits per heavy atom. The molecular weight excluding hydrogens is 140 g/mol. The van der Waals surface area contributed by atoms with Crippen molar-refractivity contribution in [3.8, 4) is 0 Å². The van der Waals surface area contributed by atoms with E-state index in [1.807, 2.05) is 13.0 Å². The maximum absolute atomic E-state index is 10.8. The number of carbonyl (C=O) groups is 1. The van der Waals surface area contributed by atoms with Crippen LogP contribution < -0.4 is 0 Å². The van der Waals surface area contributed by atoms with Crippen LogP contribution in [0.4, 0.5) is 0 Å². The molecule has 0 unspecified atom stereocenters. The van der Waals surface area contributed by atoms with Gasteiger partial charge in [0.1, 0.15) is 0 Å². The van der Waals surface area contributed by atoms with Crippen molar-refractivity contribution in [3.05, 3.63) is 12.2 Å². The maximum atomic E-state index is 10.8. The van der Waals surface area contributed by atoms with Gasteiger partial charge in [0.25, 0.3) is 0 Å². The quantitative estimate of drug-likeness (QED) is 0.460. The molecule has 0 heterocycles. The summed E-state index contributed by atoms with van der Waals surface area (Å²) in [6.07, 6.45) is 5.87. The first-order valence-electron chi connectivity index (χ1n) is 3.95. The van der Waals surface area contributed by atoms with Gasteiger partial charge in [-0.2, -0.15) is 0 Å². The molecule has 2 heteroatoms. The standard InChI is InChI=1S/C9H16O2/c1-4-5-6-7-8(2)9(10)11-3/h5-6,8H,4,7H2,1-3H3/t8-/m0/s1. The van der Waals surface area contributed by atoms with E-state index in [-0.39, 0.29) is 11.9 Å². The van der Waals surface area contributed by atoms with Gasteiger partial charge in [-0.15, -0.1) is 0 Å². The second-order valence-electron chi connectivity index (χ2n) is 2.54. The Morgan fingerprint density at radius 1 is 1.55 bits per heavy atom. The molecule has 0 saturated heterocycles. The van der Waals surface area contributed by atoms with Gasteiger partial charge in [0.15, 0.2) is 0 Å². The van der Waals surface area contributed by atoms with E-state index in [1.54, 1.807) is 0 Å². The number of hydrogen-bond acceptors (Lipinski definition) is 2. The number of ether oxygens (including phenoxy) is 1. The Morgan fingerprint density at radius 2 is 2.18 bits per heavy atom. The zero-order chi connectivity index (χ0) is 8.69. The fraction of sp³-hybridized carbons (Fsp3) is 0.667. The van der Waals surface area contributed by atoms with Crippen LogP contribution in [-0.2, 0) is 9.53 Å². The molecule has 0 aromatic rings. The highest BCUT2D eigenvalue weighted by Gasteiger charge is 2.09. The van der Waals surface area contributed by atoms with Crippen molar-refractivity contribution in [3.63, 3.8) is 0 Å². The lowest BCUT2D eigenvalue weighted by atomic mass is 10.1. The van der Waals surface area contributed by atoms with Crippen LogP contribution in [0.15, 0.2) is 12.2 Å². The van der Waals surface area contributed by atoms with Gasteiger partial charge in [-0.25, -0.2) is 0 Å². The molecule has 0 aromatic heterocycles. The normalized spacial score (nSPS) is 13.4. The summed E-state index contributed by atoms with van der Waals surface area (Å²) in [6.45, 7) is 3.94. The molecule has 0 spiro atoms. The van der Waals surface area contributed by atoms with E-state index in [0.29, 0.717) is 0 Å². The van der Waals surface area contributed by atoms with Crippen molar-refractivity contribution >= 4 is 5.97 Å². The summed E-state index contributed by atoms with van der Waals surface area (Å²) < 4.78 is 4.57. The summed E-state index contributed by atoms with van der Waals surface area (Å²) >= 11 is 0. The summed E-state index contributed by atoms with van der Waals surface area (Å²) in [6, 6.07) is 0. The molecule has 0 rings (SSSR count). The lowest BCUT2D eigenvalue weighted by Gasteiger charge is -2.04. The maximum Gasteiger partial charge on any atom is 0.308 e. The monoisotopic (exact) mass is 156 g/mol. The Labute approximate surface area is 68.2 Å². The molecule has 64 valence electrons. The number of esters is 1. The molecule has 0 saturated carbocycles. The minimum absolute atomic E-state index is 0.0113. The van der Waals surface area contributed by atoms with Gasteiger partial charge in [0, 0.05) is 0 Å². The Kier molecular flexibility index (Phi) is 5.53. The first-order chi connectivity index (χ1) is 5.22. The Bertz CT molecular complexity index is 138. The highest BCUT2D eigenvalue weighted by Crippen LogP contribution is 2.04. The van der Waals surface area contributed by atoms with E-state index in [2.05, 4.69) is 17.7 Å². The molecule has 0 N–H and O–H groups in total. The molecule has 0 aliphatic heterocycles. The van der Waals surface area contributed by atoms with Gasteiger partial charge >= 0.3 is 5.97 Å². The van der Waals surface area contributed by atoms with Crippen molar-refractivity contribution in [2.24, 2.45) is 5.92 Å². The molecule has 2 nitrogen and oxygen atoms in total. The van der Waals surface area contributed by atoms with E-state index in [9.17, 15) is 4.79 Å². The molecular formula is C9H16O2. The van der Waals surface area contributed by atoms with Crippen molar-refractivity contribution in [1.29, 1.82) is 0 Å². The third kappa shape index (κ3) is 4.59. The van der Waals surface area contributed by atoms with Gasteiger partial charge in [0.05, 0.1) is 13.0 Å². The topological polar surface area (TPSA) is 26.3 Å². The van der Waals surface area contributed by atoms with Crippen LogP contribution in [0.5, 0.6) is 0 Å². The molecule has 0 fully saturated rings. The van der Waals surface area contributed by atoms with E-state index >= 15 is 0 Å². The van der Waals surface area contributed by atoms with E-state index in [1.165, 1.54) is 7.11 Å². The molecule has 1 atom stereocenters. The van der Waals surface area contributed by atoms with E-state index in [4.69, 9.17) is 0 Å². The fourth-order valence-electron chi connectivity index (χ4n) is 0.764.